The van der Waals surface area contributed by atoms with Crippen molar-refractivity contribution in [2.75, 3.05) is 0 Å². The van der Waals surface area contributed by atoms with Gasteiger partial charge < -0.3 is 0 Å². The van der Waals surface area contributed by atoms with Crippen molar-refractivity contribution in [3.05, 3.63) is 46.0 Å². The lowest BCUT2D eigenvalue weighted by atomic mass is 10.1. The van der Waals surface area contributed by atoms with E-state index in [-0.39, 0.29) is 0 Å². The minimum absolute atomic E-state index is 0.413. The second kappa shape index (κ2) is 4.48. The Morgan fingerprint density at radius 1 is 1.22 bits per heavy atom. The molecule has 0 atom stereocenters. The summed E-state index contributed by atoms with van der Waals surface area (Å²) >= 11 is 4.81. The highest BCUT2D eigenvalue weighted by molar-refractivity contribution is 9.10. The molecule has 5 heteroatoms. The van der Waals surface area contributed by atoms with Gasteiger partial charge in [0.05, 0.1) is 5.52 Å². The molecule has 0 saturated carbocycles. The van der Waals surface area contributed by atoms with Gasteiger partial charge in [-0.15, -0.1) is 11.3 Å². The molecule has 0 aliphatic rings. The Balaban J connectivity index is 2.31. The summed E-state index contributed by atoms with van der Waals surface area (Å²) in [6, 6.07) is 11.9. The van der Waals surface area contributed by atoms with Crippen LogP contribution in [0, 0.1) is 11.3 Å². The number of fused-ring (bicyclic) bond motifs is 1. The highest BCUT2D eigenvalue weighted by Gasteiger charge is 2.11. The third-order valence-electron chi connectivity index (χ3n) is 2.54. The van der Waals surface area contributed by atoms with Gasteiger partial charge in [0, 0.05) is 16.3 Å². The number of hydrogen-bond acceptors (Lipinski definition) is 4. The molecule has 0 amide bonds. The van der Waals surface area contributed by atoms with E-state index in [1.54, 1.807) is 0 Å². The predicted molar refractivity (Wildman–Crippen MR) is 75.3 cm³/mol. The van der Waals surface area contributed by atoms with E-state index >= 15 is 0 Å². The summed E-state index contributed by atoms with van der Waals surface area (Å²) in [5.41, 5.74) is 2.02. The molecule has 1 aromatic carbocycles. The van der Waals surface area contributed by atoms with Crippen LogP contribution in [0.1, 0.15) is 5.69 Å². The van der Waals surface area contributed by atoms with Crippen molar-refractivity contribution in [1.82, 2.24) is 9.97 Å². The Morgan fingerprint density at radius 2 is 2.06 bits per heavy atom. The van der Waals surface area contributed by atoms with Gasteiger partial charge in [-0.1, -0.05) is 18.2 Å². The molecule has 2 heterocycles. The van der Waals surface area contributed by atoms with Crippen LogP contribution in [0.15, 0.2) is 40.3 Å². The van der Waals surface area contributed by atoms with E-state index in [1.165, 1.54) is 11.3 Å². The number of nitriles is 1. The van der Waals surface area contributed by atoms with E-state index in [9.17, 15) is 5.26 Å². The van der Waals surface area contributed by atoms with Crippen molar-refractivity contribution >= 4 is 38.2 Å². The largest absolute Gasteiger partial charge is 0.236 e. The summed E-state index contributed by atoms with van der Waals surface area (Å²) in [6.07, 6.45) is 0. The molecule has 0 spiro atoms. The van der Waals surface area contributed by atoms with Gasteiger partial charge in [0.15, 0.2) is 5.69 Å². The molecule has 0 saturated heterocycles. The number of hydrogen-bond donors (Lipinski definition) is 0. The summed E-state index contributed by atoms with van der Waals surface area (Å²) < 4.78 is 0.777. The number of para-hydroxylation sites is 1. The van der Waals surface area contributed by atoms with E-state index in [0.717, 1.165) is 26.1 Å². The average molecular weight is 316 g/mol. The number of benzene rings is 1. The number of aromatic nitrogens is 2. The molecule has 3 nitrogen and oxygen atoms in total. The Labute approximate surface area is 116 Å². The first-order valence-electron chi connectivity index (χ1n) is 5.19. The van der Waals surface area contributed by atoms with E-state index in [0.29, 0.717) is 5.69 Å². The lowest BCUT2D eigenvalue weighted by molar-refractivity contribution is 1.30. The Hall–Kier alpha value is -1.77. The van der Waals surface area contributed by atoms with Gasteiger partial charge in [-0.2, -0.15) is 5.26 Å². The van der Waals surface area contributed by atoms with Crippen molar-refractivity contribution in [3.63, 3.8) is 0 Å². The number of thiazole rings is 1. The molecule has 0 fully saturated rings. The maximum atomic E-state index is 9.20. The Kier molecular flexibility index (Phi) is 2.82. The normalized spacial score (nSPS) is 10.4. The summed E-state index contributed by atoms with van der Waals surface area (Å²) in [4.78, 5) is 8.71. The number of halogens is 1. The molecule has 3 rings (SSSR count). The summed E-state index contributed by atoms with van der Waals surface area (Å²) in [5, 5.41) is 12.9. The summed E-state index contributed by atoms with van der Waals surface area (Å²) in [7, 11) is 0. The topological polar surface area (TPSA) is 49.6 Å². The van der Waals surface area contributed by atoms with Crippen LogP contribution in [0.4, 0.5) is 0 Å². The maximum absolute atomic E-state index is 9.20. The fourth-order valence-electron chi connectivity index (χ4n) is 1.74. The van der Waals surface area contributed by atoms with Gasteiger partial charge in [0.2, 0.25) is 0 Å². The van der Waals surface area contributed by atoms with Crippen LogP contribution < -0.4 is 0 Å². The van der Waals surface area contributed by atoms with E-state index in [2.05, 4.69) is 32.0 Å². The zero-order chi connectivity index (χ0) is 12.5. The first kappa shape index (κ1) is 11.3. The molecular weight excluding hydrogens is 310 g/mol. The zero-order valence-corrected chi connectivity index (χ0v) is 11.5. The van der Waals surface area contributed by atoms with Crippen LogP contribution >= 0.6 is 27.3 Å². The van der Waals surface area contributed by atoms with Crippen LogP contribution in [-0.4, -0.2) is 9.97 Å². The van der Waals surface area contributed by atoms with Crippen molar-refractivity contribution in [2.45, 2.75) is 0 Å². The second-order valence-electron chi connectivity index (χ2n) is 3.66. The lowest BCUT2D eigenvalue weighted by Crippen LogP contribution is -1.90. The van der Waals surface area contributed by atoms with Crippen molar-refractivity contribution in [3.8, 4) is 16.6 Å². The first-order valence-corrected chi connectivity index (χ1v) is 6.86. The van der Waals surface area contributed by atoms with Gasteiger partial charge in [-0.25, -0.2) is 9.97 Å². The molecule has 0 unspecified atom stereocenters. The van der Waals surface area contributed by atoms with Crippen LogP contribution in [0.5, 0.6) is 0 Å². The molecule has 86 valence electrons. The first-order chi connectivity index (χ1) is 8.78. The lowest BCUT2D eigenvalue weighted by Gasteiger charge is -2.02. The van der Waals surface area contributed by atoms with Crippen molar-refractivity contribution in [1.29, 1.82) is 5.26 Å². The Morgan fingerprint density at radius 3 is 2.78 bits per heavy atom. The van der Waals surface area contributed by atoms with Crippen LogP contribution in [0.3, 0.4) is 0 Å². The summed E-state index contributed by atoms with van der Waals surface area (Å²) in [6.45, 7) is 0. The highest BCUT2D eigenvalue weighted by atomic mass is 79.9. The van der Waals surface area contributed by atoms with Gasteiger partial charge in [-0.3, -0.25) is 0 Å². The molecule has 0 bridgehead atoms. The third kappa shape index (κ3) is 1.90. The van der Waals surface area contributed by atoms with Crippen molar-refractivity contribution in [2.24, 2.45) is 0 Å². The maximum Gasteiger partial charge on any atom is 0.151 e. The van der Waals surface area contributed by atoms with Crippen LogP contribution in [0.2, 0.25) is 0 Å². The van der Waals surface area contributed by atoms with Gasteiger partial charge in [0.1, 0.15) is 15.7 Å². The standard InChI is InChI=1S/C13H6BrN3S/c14-12-7-18-13(17-12)9-5-8-3-1-2-4-10(8)16-11(9)6-15/h1-5,7H. The molecule has 0 aliphatic carbocycles. The quantitative estimate of drug-likeness (QED) is 0.682. The predicted octanol–water partition coefficient (Wildman–Crippen LogP) is 3.99. The fraction of sp³-hybridized carbons (Fsp3) is 0. The summed E-state index contributed by atoms with van der Waals surface area (Å²) in [5.74, 6) is 0. The van der Waals surface area contributed by atoms with Gasteiger partial charge in [0.25, 0.3) is 0 Å². The van der Waals surface area contributed by atoms with Crippen LogP contribution in [-0.2, 0) is 0 Å². The minimum Gasteiger partial charge on any atom is -0.236 e. The Bertz CT molecular complexity index is 773. The molecule has 2 aromatic heterocycles. The fourth-order valence-corrected chi connectivity index (χ4v) is 3.01. The van der Waals surface area contributed by atoms with Crippen LogP contribution in [0.25, 0.3) is 21.5 Å². The number of pyridine rings is 1. The smallest absolute Gasteiger partial charge is 0.151 e. The molecule has 0 N–H and O–H groups in total. The number of nitrogens with zero attached hydrogens (tertiary/aromatic N) is 3. The third-order valence-corrected chi connectivity index (χ3v) is 4.12. The van der Waals surface area contributed by atoms with Gasteiger partial charge >= 0.3 is 0 Å². The molecule has 3 aromatic rings. The molecule has 0 aliphatic heterocycles. The highest BCUT2D eigenvalue weighted by Crippen LogP contribution is 2.30. The van der Waals surface area contributed by atoms with Crippen molar-refractivity contribution < 1.29 is 0 Å². The molecule has 18 heavy (non-hydrogen) atoms. The SMILES string of the molecule is N#Cc1nc2ccccc2cc1-c1nc(Br)cs1. The van der Waals surface area contributed by atoms with E-state index < -0.39 is 0 Å². The molecule has 0 radical (unpaired) electrons. The van der Waals surface area contributed by atoms with Gasteiger partial charge in [-0.05, 0) is 28.1 Å². The zero-order valence-electron chi connectivity index (χ0n) is 9.09. The second-order valence-corrected chi connectivity index (χ2v) is 5.34. The monoisotopic (exact) mass is 315 g/mol. The number of rotatable bonds is 1. The van der Waals surface area contributed by atoms with E-state index in [4.69, 9.17) is 0 Å². The minimum atomic E-state index is 0.413. The average Bonchev–Trinajstić information content (AvgIpc) is 2.83. The molecular formula is C13H6BrN3S. The van der Waals surface area contributed by atoms with E-state index in [1.807, 2.05) is 35.7 Å².